The van der Waals surface area contributed by atoms with Gasteiger partial charge in [0, 0.05) is 19.0 Å². The van der Waals surface area contributed by atoms with Gasteiger partial charge in [0.25, 0.3) is 0 Å². The molecule has 0 unspecified atom stereocenters. The van der Waals surface area contributed by atoms with Gasteiger partial charge in [0.2, 0.25) is 5.89 Å². The van der Waals surface area contributed by atoms with Crippen molar-refractivity contribution in [3.8, 4) is 0 Å². The predicted molar refractivity (Wildman–Crippen MR) is 72.6 cm³/mol. The van der Waals surface area contributed by atoms with Crippen molar-refractivity contribution in [2.24, 2.45) is 11.7 Å². The minimum Gasteiger partial charge on any atom is -0.338 e. The molecule has 0 saturated carbocycles. The summed E-state index contributed by atoms with van der Waals surface area (Å²) < 4.78 is 5.26. The summed E-state index contributed by atoms with van der Waals surface area (Å²) in [5, 5.41) is 4.00. The molecule has 5 nitrogen and oxygen atoms in total. The first-order chi connectivity index (χ1) is 8.13. The topological polar surface area (TPSA) is 68.2 Å². The summed E-state index contributed by atoms with van der Waals surface area (Å²) in [5.41, 5.74) is 5.94. The summed E-state index contributed by atoms with van der Waals surface area (Å²) >= 11 is 0. The molecule has 0 spiro atoms. The third-order valence-electron chi connectivity index (χ3n) is 3.00. The van der Waals surface area contributed by atoms with E-state index in [1.807, 2.05) is 0 Å². The van der Waals surface area contributed by atoms with Gasteiger partial charge in [-0.1, -0.05) is 19.0 Å². The largest absolute Gasteiger partial charge is 0.338 e. The molecule has 1 saturated heterocycles. The summed E-state index contributed by atoms with van der Waals surface area (Å²) in [6.07, 6.45) is 3.16. The smallest absolute Gasteiger partial charge is 0.240 e. The second kappa shape index (κ2) is 7.07. The number of halogens is 1. The van der Waals surface area contributed by atoms with Gasteiger partial charge in [-0.25, -0.2) is 0 Å². The number of aromatic nitrogens is 2. The van der Waals surface area contributed by atoms with Crippen molar-refractivity contribution < 1.29 is 4.52 Å². The lowest BCUT2D eigenvalue weighted by molar-refractivity contribution is 0.178. The van der Waals surface area contributed by atoms with Gasteiger partial charge in [0.1, 0.15) is 0 Å². The summed E-state index contributed by atoms with van der Waals surface area (Å²) in [4.78, 5) is 6.70. The van der Waals surface area contributed by atoms with Gasteiger partial charge < -0.3 is 10.3 Å². The van der Waals surface area contributed by atoms with Crippen LogP contribution in [0, 0.1) is 5.92 Å². The second-order valence-corrected chi connectivity index (χ2v) is 5.34. The Hall–Kier alpha value is -0.650. The molecule has 1 aliphatic heterocycles. The van der Waals surface area contributed by atoms with E-state index in [9.17, 15) is 0 Å². The zero-order valence-corrected chi connectivity index (χ0v) is 11.9. The van der Waals surface area contributed by atoms with Gasteiger partial charge >= 0.3 is 0 Å². The van der Waals surface area contributed by atoms with E-state index in [-0.39, 0.29) is 12.4 Å². The van der Waals surface area contributed by atoms with Crippen LogP contribution in [0.1, 0.15) is 38.4 Å². The second-order valence-electron chi connectivity index (χ2n) is 5.34. The fraction of sp³-hybridized carbons (Fsp3) is 0.833. The third-order valence-corrected chi connectivity index (χ3v) is 3.00. The van der Waals surface area contributed by atoms with Gasteiger partial charge in [-0.2, -0.15) is 4.98 Å². The molecule has 1 atom stereocenters. The molecule has 104 valence electrons. The highest BCUT2D eigenvalue weighted by Crippen LogP contribution is 2.12. The molecule has 0 amide bonds. The van der Waals surface area contributed by atoms with Crippen LogP contribution in [-0.2, 0) is 13.0 Å². The van der Waals surface area contributed by atoms with E-state index in [4.69, 9.17) is 10.3 Å². The lowest BCUT2D eigenvalue weighted by atomic mass is 10.1. The van der Waals surface area contributed by atoms with Crippen LogP contribution in [-0.4, -0.2) is 34.2 Å². The molecule has 1 fully saturated rings. The Bertz CT molecular complexity index is 356. The highest BCUT2D eigenvalue weighted by atomic mass is 35.5. The van der Waals surface area contributed by atoms with Crippen LogP contribution in [0.3, 0.4) is 0 Å². The maximum absolute atomic E-state index is 5.94. The van der Waals surface area contributed by atoms with Crippen LogP contribution in [0.5, 0.6) is 0 Å². The normalized spacial score (nSPS) is 21.0. The molecule has 0 bridgehead atoms. The average Bonchev–Trinajstić information content (AvgIpc) is 2.64. The first-order valence-corrected chi connectivity index (χ1v) is 6.43. The average molecular weight is 275 g/mol. The van der Waals surface area contributed by atoms with Crippen molar-refractivity contribution in [3.63, 3.8) is 0 Å². The van der Waals surface area contributed by atoms with Gasteiger partial charge in [-0.05, 0) is 25.3 Å². The van der Waals surface area contributed by atoms with Crippen molar-refractivity contribution in [3.05, 3.63) is 11.7 Å². The first-order valence-electron chi connectivity index (χ1n) is 6.43. The Morgan fingerprint density at radius 2 is 2.28 bits per heavy atom. The number of hydrogen-bond acceptors (Lipinski definition) is 5. The lowest BCUT2D eigenvalue weighted by Gasteiger charge is -2.29. The molecule has 0 radical (unpaired) electrons. The van der Waals surface area contributed by atoms with Crippen LogP contribution in [0.2, 0.25) is 0 Å². The van der Waals surface area contributed by atoms with E-state index in [0.717, 1.165) is 50.6 Å². The van der Waals surface area contributed by atoms with E-state index in [0.29, 0.717) is 12.0 Å². The lowest BCUT2D eigenvalue weighted by Crippen LogP contribution is -2.42. The van der Waals surface area contributed by atoms with Crippen molar-refractivity contribution in [2.75, 3.05) is 13.1 Å². The molecule has 1 aliphatic rings. The summed E-state index contributed by atoms with van der Waals surface area (Å²) in [5.74, 6) is 2.09. The van der Waals surface area contributed by atoms with Gasteiger partial charge in [-0.3, -0.25) is 4.90 Å². The molecule has 18 heavy (non-hydrogen) atoms. The highest BCUT2D eigenvalue weighted by molar-refractivity contribution is 5.85. The molecule has 2 rings (SSSR count). The van der Waals surface area contributed by atoms with Crippen LogP contribution >= 0.6 is 12.4 Å². The van der Waals surface area contributed by atoms with Crippen molar-refractivity contribution in [1.82, 2.24) is 15.0 Å². The fourth-order valence-electron chi connectivity index (χ4n) is 2.23. The molecule has 1 aromatic heterocycles. The number of rotatable bonds is 4. The Labute approximate surface area is 115 Å². The fourth-order valence-corrected chi connectivity index (χ4v) is 2.23. The number of nitrogens with two attached hydrogens (primary N) is 1. The molecule has 0 aromatic carbocycles. The number of nitrogens with zero attached hydrogens (tertiary/aromatic N) is 3. The van der Waals surface area contributed by atoms with E-state index in [1.165, 1.54) is 0 Å². The molecule has 1 aromatic rings. The number of likely N-dealkylation sites (tertiary alicyclic amines) is 1. The molecular formula is C12H23ClN4O. The van der Waals surface area contributed by atoms with Gasteiger partial charge in [0.05, 0.1) is 6.54 Å². The summed E-state index contributed by atoms with van der Waals surface area (Å²) in [6.45, 7) is 7.05. The minimum absolute atomic E-state index is 0. The standard InChI is InChI=1S/C12H22N4O.ClH/c1-9(2)6-11-14-12(17-15-11)8-16-5-3-4-10(13)7-16;/h9-10H,3-8,13H2,1-2H3;1H/t10-;/m1./s1. The van der Waals surface area contributed by atoms with E-state index in [2.05, 4.69) is 28.9 Å². The highest BCUT2D eigenvalue weighted by Gasteiger charge is 2.19. The zero-order chi connectivity index (χ0) is 12.3. The SMILES string of the molecule is CC(C)Cc1noc(CN2CCC[C@@H](N)C2)n1.Cl. The predicted octanol–water partition coefficient (Wildman–Crippen LogP) is 1.61. The van der Waals surface area contributed by atoms with Crippen molar-refractivity contribution in [2.45, 2.75) is 45.7 Å². The summed E-state index contributed by atoms with van der Waals surface area (Å²) in [7, 11) is 0. The quantitative estimate of drug-likeness (QED) is 0.903. The van der Waals surface area contributed by atoms with E-state index >= 15 is 0 Å². The maximum atomic E-state index is 5.94. The van der Waals surface area contributed by atoms with Crippen molar-refractivity contribution >= 4 is 12.4 Å². The first kappa shape index (κ1) is 15.4. The Balaban J connectivity index is 0.00000162. The van der Waals surface area contributed by atoms with Gasteiger partial charge in [-0.15, -0.1) is 12.4 Å². The molecular weight excluding hydrogens is 252 g/mol. The molecule has 0 aliphatic carbocycles. The zero-order valence-electron chi connectivity index (χ0n) is 11.1. The molecule has 2 N–H and O–H groups in total. The number of piperidine rings is 1. The minimum atomic E-state index is 0. The van der Waals surface area contributed by atoms with Crippen LogP contribution in [0.15, 0.2) is 4.52 Å². The van der Waals surface area contributed by atoms with Crippen LogP contribution in [0.25, 0.3) is 0 Å². The Kier molecular flexibility index (Phi) is 6.05. The monoisotopic (exact) mass is 274 g/mol. The van der Waals surface area contributed by atoms with E-state index < -0.39 is 0 Å². The maximum Gasteiger partial charge on any atom is 0.240 e. The molecule has 2 heterocycles. The Morgan fingerprint density at radius 1 is 1.50 bits per heavy atom. The van der Waals surface area contributed by atoms with Crippen LogP contribution in [0.4, 0.5) is 0 Å². The van der Waals surface area contributed by atoms with Crippen molar-refractivity contribution in [1.29, 1.82) is 0 Å². The number of hydrogen-bond donors (Lipinski definition) is 1. The van der Waals surface area contributed by atoms with Crippen LogP contribution < -0.4 is 5.73 Å². The third kappa shape index (κ3) is 4.55. The van der Waals surface area contributed by atoms with Gasteiger partial charge in [0.15, 0.2) is 5.82 Å². The molecule has 6 heteroatoms. The Morgan fingerprint density at radius 3 is 2.94 bits per heavy atom. The summed E-state index contributed by atoms with van der Waals surface area (Å²) in [6, 6.07) is 0.293. The van der Waals surface area contributed by atoms with E-state index in [1.54, 1.807) is 0 Å².